The highest BCUT2D eigenvalue weighted by Crippen LogP contribution is 2.27. The summed E-state index contributed by atoms with van der Waals surface area (Å²) in [4.78, 5) is 22.3. The van der Waals surface area contributed by atoms with Crippen LogP contribution in [0.3, 0.4) is 0 Å². The molecule has 0 bridgehead atoms. The summed E-state index contributed by atoms with van der Waals surface area (Å²) >= 11 is 3.37. The summed E-state index contributed by atoms with van der Waals surface area (Å²) in [5, 5.41) is 9.10. The zero-order valence-electron chi connectivity index (χ0n) is 11.8. The standard InChI is InChI=1S/C15H16BrNO5/c16-10-5-6-12-11(8-10)13(9-15(19)22-12)21-7-3-1-2-4-14(18)17-20/h5-6,8-9,20H,1-4,7H2,(H,17,18). The van der Waals surface area contributed by atoms with E-state index in [2.05, 4.69) is 15.9 Å². The van der Waals surface area contributed by atoms with E-state index >= 15 is 0 Å². The SMILES string of the molecule is O=C(CCCCCOc1cc(=O)oc2ccc(Br)cc12)NO. The van der Waals surface area contributed by atoms with Gasteiger partial charge in [0.05, 0.1) is 18.1 Å². The minimum Gasteiger partial charge on any atom is -0.493 e. The second-order valence-electron chi connectivity index (χ2n) is 4.76. The molecule has 1 amide bonds. The van der Waals surface area contributed by atoms with E-state index < -0.39 is 11.5 Å². The summed E-state index contributed by atoms with van der Waals surface area (Å²) in [5.74, 6) is 0.0954. The van der Waals surface area contributed by atoms with Crippen molar-refractivity contribution in [3.8, 4) is 5.75 Å². The van der Waals surface area contributed by atoms with Gasteiger partial charge in [-0.3, -0.25) is 10.0 Å². The number of unbranched alkanes of at least 4 members (excludes halogenated alkanes) is 2. The Kier molecular flexibility index (Phi) is 5.97. The molecular weight excluding hydrogens is 354 g/mol. The number of nitrogens with one attached hydrogen (secondary N) is 1. The van der Waals surface area contributed by atoms with Crippen LogP contribution in [-0.4, -0.2) is 17.7 Å². The Morgan fingerprint density at radius 1 is 1.27 bits per heavy atom. The quantitative estimate of drug-likeness (QED) is 0.339. The lowest BCUT2D eigenvalue weighted by atomic mass is 10.2. The van der Waals surface area contributed by atoms with Gasteiger partial charge in [-0.1, -0.05) is 15.9 Å². The van der Waals surface area contributed by atoms with E-state index in [0.29, 0.717) is 24.4 Å². The summed E-state index contributed by atoms with van der Waals surface area (Å²) in [6.07, 6.45) is 2.48. The van der Waals surface area contributed by atoms with Gasteiger partial charge in [-0.25, -0.2) is 10.3 Å². The second-order valence-corrected chi connectivity index (χ2v) is 5.68. The molecule has 118 valence electrons. The number of rotatable bonds is 7. The topological polar surface area (TPSA) is 88.8 Å². The van der Waals surface area contributed by atoms with E-state index in [1.54, 1.807) is 17.6 Å². The van der Waals surface area contributed by atoms with Gasteiger partial charge in [0.2, 0.25) is 5.91 Å². The summed E-state index contributed by atoms with van der Waals surface area (Å²) in [6.45, 7) is 0.436. The van der Waals surface area contributed by atoms with Gasteiger partial charge in [0.25, 0.3) is 0 Å². The van der Waals surface area contributed by atoms with E-state index in [1.807, 2.05) is 6.07 Å². The first-order chi connectivity index (χ1) is 10.6. The fourth-order valence-corrected chi connectivity index (χ4v) is 2.39. The van der Waals surface area contributed by atoms with E-state index in [4.69, 9.17) is 14.4 Å². The molecule has 2 aromatic rings. The molecular formula is C15H16BrNO5. The molecule has 1 aromatic carbocycles. The van der Waals surface area contributed by atoms with Crippen LogP contribution in [0, 0.1) is 0 Å². The van der Waals surface area contributed by atoms with Crippen molar-refractivity contribution >= 4 is 32.8 Å². The van der Waals surface area contributed by atoms with Gasteiger partial charge in [-0.2, -0.15) is 0 Å². The Morgan fingerprint density at radius 3 is 2.86 bits per heavy atom. The van der Waals surface area contributed by atoms with Crippen LogP contribution in [0.15, 0.2) is 37.9 Å². The van der Waals surface area contributed by atoms with Crippen LogP contribution >= 0.6 is 15.9 Å². The van der Waals surface area contributed by atoms with Crippen LogP contribution in [0.4, 0.5) is 0 Å². The van der Waals surface area contributed by atoms with Crippen LogP contribution < -0.4 is 15.8 Å². The highest BCUT2D eigenvalue weighted by molar-refractivity contribution is 9.10. The molecule has 0 aliphatic heterocycles. The second kappa shape index (κ2) is 7.95. The predicted octanol–water partition coefficient (Wildman–Crippen LogP) is 3.00. The Bertz CT molecular complexity index is 713. The summed E-state index contributed by atoms with van der Waals surface area (Å²) in [6, 6.07) is 6.66. The smallest absolute Gasteiger partial charge is 0.339 e. The molecule has 0 atom stereocenters. The Balaban J connectivity index is 1.93. The summed E-state index contributed by atoms with van der Waals surface area (Å²) in [7, 11) is 0. The van der Waals surface area contributed by atoms with Crippen molar-refractivity contribution in [1.82, 2.24) is 5.48 Å². The molecule has 0 spiro atoms. The van der Waals surface area contributed by atoms with Crippen molar-refractivity contribution in [3.05, 3.63) is 39.2 Å². The summed E-state index contributed by atoms with van der Waals surface area (Å²) < 4.78 is 11.6. The van der Waals surface area contributed by atoms with Gasteiger partial charge in [-0.15, -0.1) is 0 Å². The number of hydroxylamine groups is 1. The first-order valence-electron chi connectivity index (χ1n) is 6.89. The molecule has 2 rings (SSSR count). The molecule has 1 heterocycles. The zero-order valence-corrected chi connectivity index (χ0v) is 13.4. The highest BCUT2D eigenvalue weighted by atomic mass is 79.9. The number of ether oxygens (including phenoxy) is 1. The van der Waals surface area contributed by atoms with Crippen molar-refractivity contribution in [2.45, 2.75) is 25.7 Å². The Morgan fingerprint density at radius 2 is 2.09 bits per heavy atom. The molecule has 1 aromatic heterocycles. The van der Waals surface area contributed by atoms with Gasteiger partial charge >= 0.3 is 5.63 Å². The highest BCUT2D eigenvalue weighted by Gasteiger charge is 2.07. The van der Waals surface area contributed by atoms with Crippen molar-refractivity contribution in [3.63, 3.8) is 0 Å². The van der Waals surface area contributed by atoms with Gasteiger partial charge in [0.15, 0.2) is 0 Å². The van der Waals surface area contributed by atoms with Crippen molar-refractivity contribution in [2.24, 2.45) is 0 Å². The third kappa shape index (κ3) is 4.57. The molecule has 2 N–H and O–H groups in total. The molecule has 6 nitrogen and oxygen atoms in total. The van der Waals surface area contributed by atoms with Crippen LogP contribution in [0.25, 0.3) is 11.0 Å². The van der Waals surface area contributed by atoms with E-state index in [9.17, 15) is 9.59 Å². The van der Waals surface area contributed by atoms with Crippen molar-refractivity contribution in [2.75, 3.05) is 6.61 Å². The lowest BCUT2D eigenvalue weighted by molar-refractivity contribution is -0.129. The van der Waals surface area contributed by atoms with Crippen LogP contribution in [0.2, 0.25) is 0 Å². The first kappa shape index (κ1) is 16.5. The van der Waals surface area contributed by atoms with Gasteiger partial charge < -0.3 is 9.15 Å². The summed E-state index contributed by atoms with van der Waals surface area (Å²) in [5.41, 5.74) is 1.62. The molecule has 22 heavy (non-hydrogen) atoms. The monoisotopic (exact) mass is 369 g/mol. The largest absolute Gasteiger partial charge is 0.493 e. The number of hydrogen-bond donors (Lipinski definition) is 2. The van der Waals surface area contributed by atoms with Gasteiger partial charge in [-0.05, 0) is 37.5 Å². The van der Waals surface area contributed by atoms with Crippen LogP contribution in [-0.2, 0) is 4.79 Å². The molecule has 0 aliphatic carbocycles. The third-order valence-electron chi connectivity index (χ3n) is 3.10. The number of benzene rings is 1. The molecule has 0 fully saturated rings. The number of fused-ring (bicyclic) bond motifs is 1. The number of carbonyl (C=O) groups is 1. The number of halogens is 1. The fourth-order valence-electron chi connectivity index (χ4n) is 2.03. The van der Waals surface area contributed by atoms with E-state index in [0.717, 1.165) is 22.7 Å². The zero-order chi connectivity index (χ0) is 15.9. The van der Waals surface area contributed by atoms with Crippen LogP contribution in [0.1, 0.15) is 25.7 Å². The van der Waals surface area contributed by atoms with Crippen LogP contribution in [0.5, 0.6) is 5.75 Å². The normalized spacial score (nSPS) is 10.6. The molecule has 0 saturated carbocycles. The lowest BCUT2D eigenvalue weighted by Crippen LogP contribution is -2.17. The third-order valence-corrected chi connectivity index (χ3v) is 3.59. The number of amides is 1. The molecule has 0 unspecified atom stereocenters. The maximum atomic E-state index is 11.5. The predicted molar refractivity (Wildman–Crippen MR) is 84.1 cm³/mol. The Labute approximate surface area is 135 Å². The number of hydrogen-bond acceptors (Lipinski definition) is 5. The molecule has 0 saturated heterocycles. The minimum atomic E-state index is -0.454. The maximum Gasteiger partial charge on any atom is 0.339 e. The molecule has 0 radical (unpaired) electrons. The number of carbonyl (C=O) groups excluding carboxylic acids is 1. The molecule has 7 heteroatoms. The average Bonchev–Trinajstić information content (AvgIpc) is 2.50. The lowest BCUT2D eigenvalue weighted by Gasteiger charge is -2.08. The minimum absolute atomic E-state index is 0.279. The fraction of sp³-hybridized carbons (Fsp3) is 0.333. The first-order valence-corrected chi connectivity index (χ1v) is 7.68. The van der Waals surface area contributed by atoms with E-state index in [-0.39, 0.29) is 6.42 Å². The Hall–Kier alpha value is -1.86. The maximum absolute atomic E-state index is 11.5. The van der Waals surface area contributed by atoms with E-state index in [1.165, 1.54) is 6.07 Å². The average molecular weight is 370 g/mol. The van der Waals surface area contributed by atoms with Crippen molar-refractivity contribution in [1.29, 1.82) is 0 Å². The van der Waals surface area contributed by atoms with Crippen molar-refractivity contribution < 1.29 is 19.2 Å². The molecule has 0 aliphatic rings. The van der Waals surface area contributed by atoms with Gasteiger partial charge in [0, 0.05) is 10.9 Å². The van der Waals surface area contributed by atoms with Gasteiger partial charge in [0.1, 0.15) is 11.3 Å².